The van der Waals surface area contributed by atoms with E-state index < -0.39 is 6.09 Å². The minimum absolute atomic E-state index is 0.143. The number of amides is 2. The molecule has 0 spiro atoms. The molecule has 0 aliphatic rings. The summed E-state index contributed by atoms with van der Waals surface area (Å²) in [5.41, 5.74) is 3.13. The molecule has 2 amide bonds. The van der Waals surface area contributed by atoms with E-state index in [1.165, 1.54) is 0 Å². The second-order valence-corrected chi connectivity index (χ2v) is 6.91. The SMILES string of the molecule is CCNc1nc(C)cc(Nc2ccc(NC(=O)CNC(=O)OCc3ccccc3)cc2)n1. The van der Waals surface area contributed by atoms with Crippen LogP contribution in [0.1, 0.15) is 18.2 Å². The summed E-state index contributed by atoms with van der Waals surface area (Å²) in [6, 6.07) is 18.3. The molecule has 166 valence electrons. The van der Waals surface area contributed by atoms with E-state index in [2.05, 4.69) is 31.2 Å². The molecule has 1 aromatic heterocycles. The summed E-state index contributed by atoms with van der Waals surface area (Å²) in [5.74, 6) is 0.876. The number of ether oxygens (including phenoxy) is 1. The molecule has 32 heavy (non-hydrogen) atoms. The van der Waals surface area contributed by atoms with Crippen LogP contribution in [0, 0.1) is 6.92 Å². The molecule has 0 aliphatic heterocycles. The Morgan fingerprint density at radius 1 is 0.969 bits per heavy atom. The van der Waals surface area contributed by atoms with Gasteiger partial charge in [-0.05, 0) is 43.7 Å². The second-order valence-electron chi connectivity index (χ2n) is 6.91. The van der Waals surface area contributed by atoms with E-state index in [4.69, 9.17) is 4.74 Å². The molecule has 0 bridgehead atoms. The fourth-order valence-electron chi connectivity index (χ4n) is 2.79. The zero-order valence-corrected chi connectivity index (χ0v) is 18.0. The van der Waals surface area contributed by atoms with Crippen LogP contribution in [0.15, 0.2) is 60.7 Å². The summed E-state index contributed by atoms with van der Waals surface area (Å²) in [7, 11) is 0. The van der Waals surface area contributed by atoms with Gasteiger partial charge >= 0.3 is 6.09 Å². The molecule has 0 saturated heterocycles. The number of aromatic nitrogens is 2. The third kappa shape index (κ3) is 7.28. The van der Waals surface area contributed by atoms with Gasteiger partial charge in [-0.15, -0.1) is 0 Å². The summed E-state index contributed by atoms with van der Waals surface area (Å²) >= 11 is 0. The molecule has 9 nitrogen and oxygen atoms in total. The second kappa shape index (κ2) is 11.3. The first-order valence-corrected chi connectivity index (χ1v) is 10.2. The van der Waals surface area contributed by atoms with Gasteiger partial charge in [0.15, 0.2) is 0 Å². The Kier molecular flexibility index (Phi) is 7.96. The maximum atomic E-state index is 12.1. The maximum absolute atomic E-state index is 12.1. The molecule has 2 aromatic carbocycles. The zero-order chi connectivity index (χ0) is 22.8. The van der Waals surface area contributed by atoms with Crippen LogP contribution in [0.4, 0.5) is 27.9 Å². The van der Waals surface area contributed by atoms with Crippen molar-refractivity contribution in [2.75, 3.05) is 29.0 Å². The number of hydrogen-bond acceptors (Lipinski definition) is 7. The average Bonchev–Trinajstić information content (AvgIpc) is 2.78. The van der Waals surface area contributed by atoms with Crippen molar-refractivity contribution in [1.29, 1.82) is 0 Å². The van der Waals surface area contributed by atoms with Crippen LogP contribution in [-0.2, 0) is 16.1 Å². The number of anilines is 4. The average molecular weight is 435 g/mol. The minimum atomic E-state index is -0.652. The first kappa shape index (κ1) is 22.5. The normalized spacial score (nSPS) is 10.2. The van der Waals surface area contributed by atoms with Crippen LogP contribution in [0.3, 0.4) is 0 Å². The monoisotopic (exact) mass is 434 g/mol. The van der Waals surface area contributed by atoms with Gasteiger partial charge in [-0.2, -0.15) is 4.98 Å². The predicted molar refractivity (Wildman–Crippen MR) is 124 cm³/mol. The van der Waals surface area contributed by atoms with E-state index in [1.807, 2.05) is 62.4 Å². The van der Waals surface area contributed by atoms with Gasteiger partial charge in [0, 0.05) is 29.7 Å². The van der Waals surface area contributed by atoms with E-state index in [-0.39, 0.29) is 19.1 Å². The highest BCUT2D eigenvalue weighted by Gasteiger charge is 2.08. The zero-order valence-electron chi connectivity index (χ0n) is 18.0. The summed E-state index contributed by atoms with van der Waals surface area (Å²) in [4.78, 5) is 32.6. The lowest BCUT2D eigenvalue weighted by molar-refractivity contribution is -0.115. The fraction of sp³-hybridized carbons (Fsp3) is 0.217. The summed E-state index contributed by atoms with van der Waals surface area (Å²) in [6.07, 6.45) is -0.652. The van der Waals surface area contributed by atoms with E-state index in [0.717, 1.165) is 23.5 Å². The lowest BCUT2D eigenvalue weighted by Crippen LogP contribution is -2.33. The highest BCUT2D eigenvalue weighted by molar-refractivity contribution is 5.94. The topological polar surface area (TPSA) is 117 Å². The van der Waals surface area contributed by atoms with Crippen LogP contribution in [-0.4, -0.2) is 35.1 Å². The molecule has 0 saturated carbocycles. The smallest absolute Gasteiger partial charge is 0.407 e. The Morgan fingerprint density at radius 3 is 2.41 bits per heavy atom. The van der Waals surface area contributed by atoms with E-state index in [0.29, 0.717) is 17.5 Å². The largest absolute Gasteiger partial charge is 0.445 e. The molecule has 9 heteroatoms. The van der Waals surface area contributed by atoms with Gasteiger partial charge in [-0.25, -0.2) is 9.78 Å². The number of benzene rings is 2. The fourth-order valence-corrected chi connectivity index (χ4v) is 2.79. The number of aryl methyl sites for hydroxylation is 1. The van der Waals surface area contributed by atoms with Crippen LogP contribution in [0.2, 0.25) is 0 Å². The van der Waals surface area contributed by atoms with Crippen LogP contribution in [0.5, 0.6) is 0 Å². The molecule has 1 heterocycles. The number of nitrogens with one attached hydrogen (secondary N) is 4. The third-order valence-electron chi connectivity index (χ3n) is 4.24. The van der Waals surface area contributed by atoms with E-state index >= 15 is 0 Å². The molecule has 0 unspecified atom stereocenters. The van der Waals surface area contributed by atoms with Gasteiger partial charge in [0.1, 0.15) is 19.0 Å². The van der Waals surface area contributed by atoms with Crippen molar-refractivity contribution in [1.82, 2.24) is 15.3 Å². The molecular formula is C23H26N6O3. The van der Waals surface area contributed by atoms with Crippen molar-refractivity contribution in [2.24, 2.45) is 0 Å². The standard InChI is InChI=1S/C23H26N6O3/c1-3-24-22-26-16(2)13-20(29-22)27-18-9-11-19(12-10-18)28-21(30)14-25-23(31)32-15-17-7-5-4-6-8-17/h4-13H,3,14-15H2,1-2H3,(H,25,31)(H,28,30)(H2,24,26,27,29). The Balaban J connectivity index is 1.44. The molecule has 0 aliphatic carbocycles. The van der Waals surface area contributed by atoms with Gasteiger partial charge in [-0.3, -0.25) is 4.79 Å². The molecule has 0 fully saturated rings. The van der Waals surface area contributed by atoms with Crippen molar-refractivity contribution >= 4 is 35.1 Å². The van der Waals surface area contributed by atoms with Crippen LogP contribution >= 0.6 is 0 Å². The summed E-state index contributed by atoms with van der Waals surface area (Å²) in [6.45, 7) is 4.56. The molecule has 3 aromatic rings. The van der Waals surface area contributed by atoms with Crippen LogP contribution < -0.4 is 21.3 Å². The molecule has 4 N–H and O–H groups in total. The number of hydrogen-bond donors (Lipinski definition) is 4. The van der Waals surface area contributed by atoms with Crippen molar-refractivity contribution < 1.29 is 14.3 Å². The maximum Gasteiger partial charge on any atom is 0.407 e. The van der Waals surface area contributed by atoms with Crippen molar-refractivity contribution in [3.8, 4) is 0 Å². The number of carbonyl (C=O) groups excluding carboxylic acids is 2. The molecular weight excluding hydrogens is 408 g/mol. The van der Waals surface area contributed by atoms with Crippen molar-refractivity contribution in [3.05, 3.63) is 71.9 Å². The summed E-state index contributed by atoms with van der Waals surface area (Å²) < 4.78 is 5.08. The van der Waals surface area contributed by atoms with Gasteiger partial charge in [0.05, 0.1) is 0 Å². The molecule has 3 rings (SSSR count). The van der Waals surface area contributed by atoms with Gasteiger partial charge in [0.2, 0.25) is 11.9 Å². The number of rotatable bonds is 9. The van der Waals surface area contributed by atoms with Gasteiger partial charge < -0.3 is 26.0 Å². The van der Waals surface area contributed by atoms with Gasteiger partial charge in [0.25, 0.3) is 0 Å². The lowest BCUT2D eigenvalue weighted by atomic mass is 10.2. The third-order valence-corrected chi connectivity index (χ3v) is 4.24. The highest BCUT2D eigenvalue weighted by Crippen LogP contribution is 2.19. The quantitative estimate of drug-likeness (QED) is 0.404. The molecule has 0 radical (unpaired) electrons. The van der Waals surface area contributed by atoms with Crippen molar-refractivity contribution in [2.45, 2.75) is 20.5 Å². The minimum Gasteiger partial charge on any atom is -0.445 e. The summed E-state index contributed by atoms with van der Waals surface area (Å²) in [5, 5.41) is 11.5. The lowest BCUT2D eigenvalue weighted by Gasteiger charge is -2.11. The highest BCUT2D eigenvalue weighted by atomic mass is 16.5. The number of nitrogens with zero attached hydrogens (tertiary/aromatic N) is 2. The number of carbonyl (C=O) groups is 2. The Labute approximate surface area is 186 Å². The van der Waals surface area contributed by atoms with E-state index in [1.54, 1.807) is 12.1 Å². The Bertz CT molecular complexity index is 1040. The first-order valence-electron chi connectivity index (χ1n) is 10.2. The van der Waals surface area contributed by atoms with Crippen LogP contribution in [0.25, 0.3) is 0 Å². The first-order chi connectivity index (χ1) is 15.5. The molecule has 0 atom stereocenters. The van der Waals surface area contributed by atoms with E-state index in [9.17, 15) is 9.59 Å². The predicted octanol–water partition coefficient (Wildman–Crippen LogP) is 3.83. The van der Waals surface area contributed by atoms with Gasteiger partial charge in [-0.1, -0.05) is 30.3 Å². The number of alkyl carbamates (subject to hydrolysis) is 1. The Hall–Kier alpha value is -4.14. The Morgan fingerprint density at radius 2 is 1.69 bits per heavy atom. The van der Waals surface area contributed by atoms with Crippen molar-refractivity contribution in [3.63, 3.8) is 0 Å².